The number of nitrogens with one attached hydrogen (secondary N) is 2. The molecule has 156 valence electrons. The normalized spacial score (nSPS) is 11.3. The average Bonchev–Trinajstić information content (AvgIpc) is 2.62. The molecule has 0 heterocycles. The van der Waals surface area contributed by atoms with Crippen LogP contribution in [0.1, 0.15) is 31.4 Å². The lowest BCUT2D eigenvalue weighted by atomic mass is 10.1. The quantitative estimate of drug-likeness (QED) is 0.202. The van der Waals surface area contributed by atoms with Gasteiger partial charge >= 0.3 is 0 Å². The van der Waals surface area contributed by atoms with Crippen LogP contribution in [0.25, 0.3) is 0 Å². The molecule has 1 aromatic rings. The van der Waals surface area contributed by atoms with Gasteiger partial charge in [0.2, 0.25) is 0 Å². The van der Waals surface area contributed by atoms with Crippen molar-refractivity contribution < 1.29 is 14.2 Å². The predicted octanol–water partition coefficient (Wildman–Crippen LogP) is 3.37. The first-order valence-corrected chi connectivity index (χ1v) is 9.30. The van der Waals surface area contributed by atoms with E-state index in [9.17, 15) is 0 Å². The third-order valence-electron chi connectivity index (χ3n) is 3.63. The van der Waals surface area contributed by atoms with Crippen molar-refractivity contribution in [1.29, 1.82) is 0 Å². The van der Waals surface area contributed by atoms with E-state index in [0.29, 0.717) is 32.3 Å². The average molecular weight is 493 g/mol. The van der Waals surface area contributed by atoms with Gasteiger partial charge in [-0.15, -0.1) is 24.0 Å². The summed E-state index contributed by atoms with van der Waals surface area (Å²) in [5.74, 6) is 2.21. The molecule has 0 spiro atoms. The summed E-state index contributed by atoms with van der Waals surface area (Å²) in [4.78, 5) is 4.25. The molecule has 0 unspecified atom stereocenters. The number of guanidine groups is 1. The van der Waals surface area contributed by atoms with E-state index in [1.54, 1.807) is 14.2 Å². The summed E-state index contributed by atoms with van der Waals surface area (Å²) in [7, 11) is 3.47. The Morgan fingerprint density at radius 1 is 1.15 bits per heavy atom. The smallest absolute Gasteiger partial charge is 0.191 e. The van der Waals surface area contributed by atoms with Crippen LogP contribution in [0.5, 0.6) is 5.75 Å². The number of aryl methyl sites for hydroxylation is 1. The highest BCUT2D eigenvalue weighted by atomic mass is 127. The fourth-order valence-corrected chi connectivity index (χ4v) is 2.29. The largest absolute Gasteiger partial charge is 0.493 e. The Kier molecular flexibility index (Phi) is 15.3. The summed E-state index contributed by atoms with van der Waals surface area (Å²) in [5.41, 5.74) is 2.28. The van der Waals surface area contributed by atoms with Crippen molar-refractivity contribution in [3.8, 4) is 5.75 Å². The molecule has 0 bridgehead atoms. The van der Waals surface area contributed by atoms with Crippen LogP contribution in [0.15, 0.2) is 23.2 Å². The molecule has 1 rings (SSSR count). The predicted molar refractivity (Wildman–Crippen MR) is 122 cm³/mol. The van der Waals surface area contributed by atoms with Gasteiger partial charge in [-0.25, -0.2) is 0 Å². The fourth-order valence-electron chi connectivity index (χ4n) is 2.29. The van der Waals surface area contributed by atoms with Gasteiger partial charge in [-0.3, -0.25) is 4.99 Å². The van der Waals surface area contributed by atoms with E-state index < -0.39 is 0 Å². The molecule has 0 saturated carbocycles. The van der Waals surface area contributed by atoms with E-state index in [2.05, 4.69) is 54.6 Å². The standard InChI is InChI=1S/C20H35N3O3.HI/c1-16(2)15-25-12-9-22-20(21-4)23-14-18-8-7-17(3)13-19(18)26-11-6-10-24-5;/h7-8,13,16H,6,9-12,14-15H2,1-5H3,(H2,21,22,23);1H. The van der Waals surface area contributed by atoms with Crippen LogP contribution in [0.4, 0.5) is 0 Å². The van der Waals surface area contributed by atoms with Gasteiger partial charge in [-0.1, -0.05) is 26.0 Å². The van der Waals surface area contributed by atoms with Crippen LogP contribution in [0.2, 0.25) is 0 Å². The Hall–Kier alpha value is -1.06. The Morgan fingerprint density at radius 2 is 1.93 bits per heavy atom. The molecule has 2 N–H and O–H groups in total. The zero-order valence-electron chi connectivity index (χ0n) is 17.3. The second kappa shape index (κ2) is 15.9. The van der Waals surface area contributed by atoms with Crippen LogP contribution < -0.4 is 15.4 Å². The van der Waals surface area contributed by atoms with Crippen LogP contribution in [-0.2, 0) is 16.0 Å². The Bertz CT molecular complexity index is 539. The van der Waals surface area contributed by atoms with E-state index in [1.807, 2.05) is 0 Å². The molecule has 0 aliphatic carbocycles. The van der Waals surface area contributed by atoms with E-state index >= 15 is 0 Å². The van der Waals surface area contributed by atoms with Gasteiger partial charge < -0.3 is 24.8 Å². The van der Waals surface area contributed by atoms with Gasteiger partial charge in [0.05, 0.1) is 13.2 Å². The molecule has 0 atom stereocenters. The zero-order chi connectivity index (χ0) is 19.2. The highest BCUT2D eigenvalue weighted by Gasteiger charge is 2.06. The summed E-state index contributed by atoms with van der Waals surface area (Å²) >= 11 is 0. The molecule has 0 amide bonds. The summed E-state index contributed by atoms with van der Waals surface area (Å²) < 4.78 is 16.6. The number of rotatable bonds is 12. The first kappa shape index (κ1) is 25.9. The van der Waals surface area contributed by atoms with Crippen molar-refractivity contribution in [2.24, 2.45) is 10.9 Å². The molecule has 0 aliphatic rings. The SMILES string of the molecule is CN=C(NCCOCC(C)C)NCc1ccc(C)cc1OCCCOC.I. The minimum Gasteiger partial charge on any atom is -0.493 e. The number of hydrogen-bond acceptors (Lipinski definition) is 4. The third kappa shape index (κ3) is 12.1. The fraction of sp³-hybridized carbons (Fsp3) is 0.650. The summed E-state index contributed by atoms with van der Waals surface area (Å²) in [5, 5.41) is 6.59. The van der Waals surface area contributed by atoms with Crippen molar-refractivity contribution in [2.45, 2.75) is 33.7 Å². The van der Waals surface area contributed by atoms with Gasteiger partial charge in [-0.2, -0.15) is 0 Å². The molecule has 6 nitrogen and oxygen atoms in total. The molecule has 7 heteroatoms. The first-order valence-electron chi connectivity index (χ1n) is 9.30. The maximum atomic E-state index is 5.92. The molecule has 1 aromatic carbocycles. The monoisotopic (exact) mass is 493 g/mol. The Labute approximate surface area is 181 Å². The van der Waals surface area contributed by atoms with Crippen molar-refractivity contribution in [3.05, 3.63) is 29.3 Å². The molecule has 0 saturated heterocycles. The number of benzene rings is 1. The van der Waals surface area contributed by atoms with Crippen molar-refractivity contribution >= 4 is 29.9 Å². The second-order valence-electron chi connectivity index (χ2n) is 6.63. The molecule has 0 aromatic heterocycles. The molecular weight excluding hydrogens is 457 g/mol. The van der Waals surface area contributed by atoms with Crippen molar-refractivity contribution in [1.82, 2.24) is 10.6 Å². The first-order chi connectivity index (χ1) is 12.6. The lowest BCUT2D eigenvalue weighted by Crippen LogP contribution is -2.38. The summed E-state index contributed by atoms with van der Waals surface area (Å²) in [6.07, 6.45) is 0.872. The van der Waals surface area contributed by atoms with Gasteiger partial charge in [0.25, 0.3) is 0 Å². The van der Waals surface area contributed by atoms with Crippen LogP contribution in [0.3, 0.4) is 0 Å². The van der Waals surface area contributed by atoms with Crippen LogP contribution in [-0.4, -0.2) is 53.1 Å². The highest BCUT2D eigenvalue weighted by molar-refractivity contribution is 14.0. The van der Waals surface area contributed by atoms with E-state index in [4.69, 9.17) is 14.2 Å². The lowest BCUT2D eigenvalue weighted by Gasteiger charge is -2.16. The summed E-state index contributed by atoms with van der Waals surface area (Å²) in [6, 6.07) is 6.25. The third-order valence-corrected chi connectivity index (χ3v) is 3.63. The topological polar surface area (TPSA) is 64.1 Å². The van der Waals surface area contributed by atoms with Gasteiger partial charge in [0, 0.05) is 52.4 Å². The minimum atomic E-state index is 0. The molecule has 0 radical (unpaired) electrons. The van der Waals surface area contributed by atoms with E-state index in [0.717, 1.165) is 36.8 Å². The van der Waals surface area contributed by atoms with E-state index in [1.165, 1.54) is 5.56 Å². The molecular formula is C20H36IN3O3. The van der Waals surface area contributed by atoms with Crippen LogP contribution >= 0.6 is 24.0 Å². The van der Waals surface area contributed by atoms with Crippen LogP contribution in [0, 0.1) is 12.8 Å². The van der Waals surface area contributed by atoms with Gasteiger partial charge in [0.1, 0.15) is 5.75 Å². The van der Waals surface area contributed by atoms with E-state index in [-0.39, 0.29) is 24.0 Å². The van der Waals surface area contributed by atoms with Crippen molar-refractivity contribution in [2.75, 3.05) is 47.1 Å². The lowest BCUT2D eigenvalue weighted by molar-refractivity contribution is 0.114. The Balaban J connectivity index is 0.00000676. The van der Waals surface area contributed by atoms with Gasteiger partial charge in [0.15, 0.2) is 5.96 Å². The number of ether oxygens (including phenoxy) is 3. The maximum absolute atomic E-state index is 5.92. The number of halogens is 1. The maximum Gasteiger partial charge on any atom is 0.191 e. The number of nitrogens with zero attached hydrogens (tertiary/aromatic N) is 1. The highest BCUT2D eigenvalue weighted by Crippen LogP contribution is 2.20. The number of hydrogen-bond donors (Lipinski definition) is 2. The zero-order valence-corrected chi connectivity index (χ0v) is 19.7. The number of methoxy groups -OCH3 is 1. The van der Waals surface area contributed by atoms with Crippen molar-refractivity contribution in [3.63, 3.8) is 0 Å². The number of aliphatic imine (C=N–C) groups is 1. The molecule has 0 aliphatic heterocycles. The Morgan fingerprint density at radius 3 is 2.59 bits per heavy atom. The minimum absolute atomic E-state index is 0. The summed E-state index contributed by atoms with van der Waals surface area (Å²) in [6.45, 7) is 10.5. The second-order valence-corrected chi connectivity index (χ2v) is 6.63. The van der Waals surface area contributed by atoms with Gasteiger partial charge in [-0.05, 0) is 24.5 Å². The molecule has 0 fully saturated rings. The molecule has 27 heavy (non-hydrogen) atoms.